The number of hydrogen-bond acceptors (Lipinski definition) is 1. The van der Waals surface area contributed by atoms with Crippen molar-refractivity contribution in [1.29, 1.82) is 0 Å². The first-order chi connectivity index (χ1) is 3.85. The smallest absolute Gasteiger partial charge is 0.327 e. The Bertz CT molecular complexity index is 121. The van der Waals surface area contributed by atoms with Gasteiger partial charge < -0.3 is 5.11 Å². The minimum absolute atomic E-state index is 1.59. The van der Waals surface area contributed by atoms with E-state index in [0.29, 0.717) is 0 Å². The van der Waals surface area contributed by atoms with Crippen molar-refractivity contribution in [1.82, 2.24) is 0 Å². The van der Waals surface area contributed by atoms with Crippen LogP contribution in [0.3, 0.4) is 0 Å². The number of hydrogen-bond donors (Lipinski definition) is 1. The van der Waals surface area contributed by atoms with Crippen molar-refractivity contribution in [2.75, 3.05) is 0 Å². The van der Waals surface area contributed by atoms with Crippen LogP contribution in [0.5, 0.6) is 0 Å². The van der Waals surface area contributed by atoms with Gasteiger partial charge in [-0.3, -0.25) is 4.79 Å². The molecule has 2 nitrogen and oxygen atoms in total. The molecule has 9 heavy (non-hydrogen) atoms. The number of rotatable bonds is 2. The molecule has 0 heterocycles. The fourth-order valence-corrected chi connectivity index (χ4v) is 0.327. The quantitative estimate of drug-likeness (QED) is 0.682. The second-order valence-electron chi connectivity index (χ2n) is 1.24. The number of aliphatic carboxylic acids is 1. The Morgan fingerprint density at radius 3 is 2.00 bits per heavy atom. The van der Waals surface area contributed by atoms with Gasteiger partial charge in [-0.05, 0) is 0 Å². The predicted octanol–water partition coefficient (Wildman–Crippen LogP) is 1.78. The van der Waals surface area contributed by atoms with Crippen molar-refractivity contribution in [2.24, 2.45) is 0 Å². The highest BCUT2D eigenvalue weighted by Gasteiger charge is 2.38. The highest BCUT2D eigenvalue weighted by molar-refractivity contribution is 6.53. The fraction of sp³-hybridized carbons (Fsp3) is 0.667. The number of carbonyl (C=O) groups is 1. The third kappa shape index (κ3) is 3.08. The molecule has 0 bridgehead atoms. The molecule has 0 saturated carbocycles. The molecule has 0 rings (SSSR count). The number of halogens is 4. The van der Waals surface area contributed by atoms with Gasteiger partial charge in [0.2, 0.25) is 0 Å². The summed E-state index contributed by atoms with van der Waals surface area (Å²) >= 11 is 14.2. The molecule has 0 aromatic carbocycles. The lowest BCUT2D eigenvalue weighted by molar-refractivity contribution is -0.137. The average Bonchev–Trinajstić information content (AvgIpc) is 1.62. The Balaban J connectivity index is 4.04. The first kappa shape index (κ1) is 9.27. The zero-order chi connectivity index (χ0) is 7.65. The van der Waals surface area contributed by atoms with Crippen molar-refractivity contribution in [2.45, 2.75) is 9.96 Å². The Morgan fingerprint density at radius 2 is 2.00 bits per heavy atom. The number of carboxylic acids is 1. The maximum atomic E-state index is 12.1. The minimum atomic E-state index is -2.91. The normalized spacial score (nSPS) is 15.1. The average molecular weight is 195 g/mol. The third-order valence-corrected chi connectivity index (χ3v) is 1.65. The predicted molar refractivity (Wildman–Crippen MR) is 32.8 cm³/mol. The Hall–Kier alpha value is 0.270. The lowest BCUT2D eigenvalue weighted by atomic mass is 10.5. The zero-order valence-corrected chi connectivity index (χ0v) is 6.21. The third-order valence-electron chi connectivity index (χ3n) is 0.504. The van der Waals surface area contributed by atoms with Crippen molar-refractivity contribution in [3.63, 3.8) is 0 Å². The van der Waals surface area contributed by atoms with Crippen LogP contribution in [0.15, 0.2) is 0 Å². The van der Waals surface area contributed by atoms with Gasteiger partial charge in [0, 0.05) is 0 Å². The first-order valence-corrected chi connectivity index (χ1v) is 2.98. The lowest BCUT2D eigenvalue weighted by Crippen LogP contribution is -2.29. The van der Waals surface area contributed by atoms with Crippen molar-refractivity contribution in [3.05, 3.63) is 0 Å². The summed E-state index contributed by atoms with van der Waals surface area (Å²) in [6.07, 6.45) is 0. The van der Waals surface area contributed by atoms with Crippen LogP contribution < -0.4 is 0 Å². The van der Waals surface area contributed by atoms with Crippen LogP contribution in [0.2, 0.25) is 0 Å². The van der Waals surface area contributed by atoms with E-state index in [0.717, 1.165) is 0 Å². The standard InChI is InChI=1S/C3H2Cl3FO2/c4-1(2(8)9)3(5,6)7/h1H,(H,8,9). The fourth-order valence-electron chi connectivity index (χ4n) is 0.140. The van der Waals surface area contributed by atoms with Gasteiger partial charge >= 0.3 is 5.97 Å². The molecule has 0 aliphatic heterocycles. The summed E-state index contributed by atoms with van der Waals surface area (Å²) in [7, 11) is 0. The van der Waals surface area contributed by atoms with Gasteiger partial charge in [0.15, 0.2) is 5.38 Å². The SMILES string of the molecule is O=C(O)C(Cl)C(F)(Cl)Cl. The van der Waals surface area contributed by atoms with Gasteiger partial charge in [0.1, 0.15) is 0 Å². The van der Waals surface area contributed by atoms with Gasteiger partial charge in [-0.25, -0.2) is 4.39 Å². The van der Waals surface area contributed by atoms with Crippen LogP contribution in [0, 0.1) is 0 Å². The lowest BCUT2D eigenvalue weighted by Gasteiger charge is -2.10. The topological polar surface area (TPSA) is 37.3 Å². The first-order valence-electron chi connectivity index (χ1n) is 1.79. The van der Waals surface area contributed by atoms with E-state index in [1.807, 2.05) is 0 Å². The molecular weight excluding hydrogens is 193 g/mol. The number of alkyl halides is 4. The van der Waals surface area contributed by atoms with E-state index in [9.17, 15) is 9.18 Å². The molecule has 0 aromatic heterocycles. The maximum Gasteiger partial charge on any atom is 0.327 e. The van der Waals surface area contributed by atoms with E-state index < -0.39 is 15.9 Å². The van der Waals surface area contributed by atoms with Crippen LogP contribution >= 0.6 is 34.8 Å². The largest absolute Gasteiger partial charge is 0.480 e. The molecule has 0 aromatic rings. The van der Waals surface area contributed by atoms with Crippen molar-refractivity contribution >= 4 is 40.8 Å². The molecule has 0 fully saturated rings. The summed E-state index contributed by atoms with van der Waals surface area (Å²) in [6.45, 7) is 0. The Kier molecular flexibility index (Phi) is 2.99. The summed E-state index contributed by atoms with van der Waals surface area (Å²) in [6, 6.07) is 0. The van der Waals surface area contributed by atoms with E-state index in [-0.39, 0.29) is 0 Å². The van der Waals surface area contributed by atoms with Crippen LogP contribution in [0.4, 0.5) is 4.39 Å². The zero-order valence-electron chi connectivity index (χ0n) is 3.94. The molecule has 0 radical (unpaired) electrons. The monoisotopic (exact) mass is 194 g/mol. The van der Waals surface area contributed by atoms with E-state index in [1.54, 1.807) is 0 Å². The summed E-state index contributed by atoms with van der Waals surface area (Å²) in [5, 5.41) is 6.05. The van der Waals surface area contributed by atoms with Gasteiger partial charge in [0.05, 0.1) is 0 Å². The molecule has 1 atom stereocenters. The summed E-state index contributed by atoms with van der Waals surface area (Å²) < 4.78 is 9.14. The molecule has 0 aliphatic carbocycles. The molecule has 0 saturated heterocycles. The maximum absolute atomic E-state index is 12.1. The van der Waals surface area contributed by atoms with E-state index >= 15 is 0 Å². The van der Waals surface area contributed by atoms with Crippen LogP contribution in [-0.2, 0) is 4.79 Å². The van der Waals surface area contributed by atoms with Crippen LogP contribution in [0.25, 0.3) is 0 Å². The van der Waals surface area contributed by atoms with E-state index in [1.165, 1.54) is 0 Å². The molecule has 1 unspecified atom stereocenters. The van der Waals surface area contributed by atoms with Crippen molar-refractivity contribution in [3.8, 4) is 0 Å². The molecule has 0 spiro atoms. The molecule has 54 valence electrons. The van der Waals surface area contributed by atoms with Gasteiger partial charge in [0.25, 0.3) is 4.59 Å². The van der Waals surface area contributed by atoms with Crippen molar-refractivity contribution < 1.29 is 14.3 Å². The molecule has 1 N–H and O–H groups in total. The summed E-state index contributed by atoms with van der Waals surface area (Å²) in [5.41, 5.74) is 0. The van der Waals surface area contributed by atoms with Gasteiger partial charge in [-0.15, -0.1) is 11.6 Å². The highest BCUT2D eigenvalue weighted by Crippen LogP contribution is 2.30. The number of carboxylic acid groups (broad SMARTS) is 1. The van der Waals surface area contributed by atoms with E-state index in [2.05, 4.69) is 23.2 Å². The minimum Gasteiger partial charge on any atom is -0.480 e. The van der Waals surface area contributed by atoms with Crippen LogP contribution in [0.1, 0.15) is 0 Å². The van der Waals surface area contributed by atoms with Gasteiger partial charge in [-0.1, -0.05) is 23.2 Å². The summed E-state index contributed by atoms with van der Waals surface area (Å²) in [5.74, 6) is -1.59. The second kappa shape index (κ2) is 2.90. The molecular formula is C3H2Cl3FO2. The van der Waals surface area contributed by atoms with Crippen LogP contribution in [-0.4, -0.2) is 21.0 Å². The van der Waals surface area contributed by atoms with E-state index in [4.69, 9.17) is 16.7 Å². The van der Waals surface area contributed by atoms with Gasteiger partial charge in [-0.2, -0.15) is 0 Å². The summed E-state index contributed by atoms with van der Waals surface area (Å²) in [4.78, 5) is 9.81. The molecule has 6 heteroatoms. The molecule has 0 amide bonds. The molecule has 0 aliphatic rings. The Morgan fingerprint density at radius 1 is 1.67 bits per heavy atom. The Labute approximate surface area is 65.5 Å². The highest BCUT2D eigenvalue weighted by atomic mass is 35.5. The second-order valence-corrected chi connectivity index (χ2v) is 2.97.